The first kappa shape index (κ1) is 11.9. The van der Waals surface area contributed by atoms with Crippen molar-refractivity contribution < 1.29 is 0 Å². The predicted molar refractivity (Wildman–Crippen MR) is 61.0 cm³/mol. The van der Waals surface area contributed by atoms with Crippen LogP contribution in [0.2, 0.25) is 0 Å². The molecule has 84 valence electrons. The monoisotopic (exact) mass is 209 g/mol. The van der Waals surface area contributed by atoms with Crippen LogP contribution in [-0.2, 0) is 6.54 Å². The van der Waals surface area contributed by atoms with Gasteiger partial charge in [-0.05, 0) is 32.9 Å². The fraction of sp³-hybridized carbons (Fsp3) is 0.636. The van der Waals surface area contributed by atoms with E-state index in [1.807, 2.05) is 6.92 Å². The minimum absolute atomic E-state index is 0.0363. The average molecular weight is 209 g/mol. The van der Waals surface area contributed by atoms with Crippen molar-refractivity contribution in [2.45, 2.75) is 39.8 Å². The van der Waals surface area contributed by atoms with E-state index in [0.717, 1.165) is 18.7 Å². The van der Waals surface area contributed by atoms with E-state index in [-0.39, 0.29) is 11.6 Å². The fourth-order valence-electron chi connectivity index (χ4n) is 1.40. The summed E-state index contributed by atoms with van der Waals surface area (Å²) >= 11 is 0. The Morgan fingerprint density at radius 1 is 1.53 bits per heavy atom. The molecule has 0 spiro atoms. The smallest absolute Gasteiger partial charge is 0.266 e. The van der Waals surface area contributed by atoms with Crippen molar-refractivity contribution in [3.63, 3.8) is 0 Å². The van der Waals surface area contributed by atoms with Gasteiger partial charge in [0, 0.05) is 12.1 Å². The van der Waals surface area contributed by atoms with Crippen LogP contribution in [0.1, 0.15) is 26.0 Å². The van der Waals surface area contributed by atoms with Gasteiger partial charge in [-0.15, -0.1) is 0 Å². The normalized spacial score (nSPS) is 12.7. The first-order valence-electron chi connectivity index (χ1n) is 5.41. The zero-order valence-corrected chi connectivity index (χ0v) is 9.66. The van der Waals surface area contributed by atoms with Crippen LogP contribution >= 0.6 is 0 Å². The summed E-state index contributed by atoms with van der Waals surface area (Å²) in [5, 5.41) is 7.51. The van der Waals surface area contributed by atoms with Gasteiger partial charge in [0.15, 0.2) is 0 Å². The molecule has 1 unspecified atom stereocenters. The van der Waals surface area contributed by atoms with Crippen LogP contribution in [0.25, 0.3) is 0 Å². The van der Waals surface area contributed by atoms with Crippen LogP contribution in [0.15, 0.2) is 16.9 Å². The summed E-state index contributed by atoms with van der Waals surface area (Å²) in [6.45, 7) is 7.67. The van der Waals surface area contributed by atoms with Gasteiger partial charge in [0.1, 0.15) is 0 Å². The number of hydrogen-bond acceptors (Lipinski definition) is 3. The molecule has 0 amide bonds. The van der Waals surface area contributed by atoms with Crippen LogP contribution in [0.5, 0.6) is 0 Å². The number of nitrogens with zero attached hydrogens (tertiary/aromatic N) is 2. The fourth-order valence-corrected chi connectivity index (χ4v) is 1.40. The summed E-state index contributed by atoms with van der Waals surface area (Å²) in [5.41, 5.74) is 0.836. The van der Waals surface area contributed by atoms with Crippen LogP contribution in [-0.4, -0.2) is 22.4 Å². The highest BCUT2D eigenvalue weighted by atomic mass is 16.1. The number of aromatic nitrogens is 2. The summed E-state index contributed by atoms with van der Waals surface area (Å²) < 4.78 is 1.52. The van der Waals surface area contributed by atoms with E-state index >= 15 is 0 Å². The van der Waals surface area contributed by atoms with E-state index in [1.54, 1.807) is 12.1 Å². The van der Waals surface area contributed by atoms with E-state index in [0.29, 0.717) is 6.54 Å². The van der Waals surface area contributed by atoms with E-state index in [2.05, 4.69) is 24.3 Å². The molecule has 0 saturated carbocycles. The molecule has 0 aliphatic heterocycles. The maximum Gasteiger partial charge on any atom is 0.266 e. The second-order valence-corrected chi connectivity index (χ2v) is 3.85. The molecule has 4 heteroatoms. The first-order chi connectivity index (χ1) is 7.13. The Bertz CT molecular complexity index is 359. The molecule has 0 saturated heterocycles. The quantitative estimate of drug-likeness (QED) is 0.785. The summed E-state index contributed by atoms with van der Waals surface area (Å²) in [6.07, 6.45) is 1.10. The van der Waals surface area contributed by atoms with Crippen LogP contribution < -0.4 is 10.9 Å². The molecule has 0 aromatic carbocycles. The van der Waals surface area contributed by atoms with Gasteiger partial charge in [-0.25, -0.2) is 4.68 Å². The summed E-state index contributed by atoms with van der Waals surface area (Å²) in [5.74, 6) is 0. The highest BCUT2D eigenvalue weighted by Gasteiger charge is 2.04. The topological polar surface area (TPSA) is 46.9 Å². The van der Waals surface area contributed by atoms with E-state index in [9.17, 15) is 4.79 Å². The van der Waals surface area contributed by atoms with Crippen molar-refractivity contribution in [3.05, 3.63) is 28.2 Å². The van der Waals surface area contributed by atoms with Crippen molar-refractivity contribution in [2.75, 3.05) is 6.54 Å². The second kappa shape index (κ2) is 5.66. The van der Waals surface area contributed by atoms with Gasteiger partial charge in [-0.1, -0.05) is 6.92 Å². The lowest BCUT2D eigenvalue weighted by atomic mass is 10.3. The van der Waals surface area contributed by atoms with Gasteiger partial charge in [0.2, 0.25) is 0 Å². The second-order valence-electron chi connectivity index (χ2n) is 3.85. The zero-order chi connectivity index (χ0) is 11.3. The van der Waals surface area contributed by atoms with E-state index in [1.165, 1.54) is 4.68 Å². The van der Waals surface area contributed by atoms with Gasteiger partial charge in [-0.2, -0.15) is 5.10 Å². The molecule has 4 nitrogen and oxygen atoms in total. The van der Waals surface area contributed by atoms with E-state index < -0.39 is 0 Å². The first-order valence-corrected chi connectivity index (χ1v) is 5.41. The maximum absolute atomic E-state index is 11.5. The molecule has 1 heterocycles. The SMILES string of the molecule is CCCNC(C)Cn1nc(C)ccc1=O. The third kappa shape index (κ3) is 3.83. The van der Waals surface area contributed by atoms with Crippen molar-refractivity contribution in [2.24, 2.45) is 0 Å². The molecule has 1 rings (SSSR count). The summed E-state index contributed by atoms with van der Waals surface area (Å²) in [6, 6.07) is 3.58. The minimum Gasteiger partial charge on any atom is -0.312 e. The Kier molecular flexibility index (Phi) is 4.49. The maximum atomic E-state index is 11.5. The Labute approximate surface area is 90.3 Å². The Balaban J connectivity index is 2.63. The van der Waals surface area contributed by atoms with Crippen LogP contribution in [0, 0.1) is 6.92 Å². The molecule has 1 aromatic heterocycles. The third-order valence-electron chi connectivity index (χ3n) is 2.19. The van der Waals surface area contributed by atoms with Crippen molar-refractivity contribution >= 4 is 0 Å². The van der Waals surface area contributed by atoms with Gasteiger partial charge >= 0.3 is 0 Å². The average Bonchev–Trinajstić information content (AvgIpc) is 2.20. The lowest BCUT2D eigenvalue weighted by Gasteiger charge is -2.13. The Morgan fingerprint density at radius 2 is 2.27 bits per heavy atom. The highest BCUT2D eigenvalue weighted by molar-refractivity contribution is 4.97. The summed E-state index contributed by atoms with van der Waals surface area (Å²) in [7, 11) is 0. The molecule has 1 N–H and O–H groups in total. The van der Waals surface area contributed by atoms with Gasteiger partial charge < -0.3 is 5.32 Å². The molecule has 0 aliphatic rings. The molecule has 0 aliphatic carbocycles. The molecule has 15 heavy (non-hydrogen) atoms. The molecule has 0 bridgehead atoms. The lowest BCUT2D eigenvalue weighted by Crippen LogP contribution is -2.35. The Hall–Kier alpha value is -1.16. The summed E-state index contributed by atoms with van der Waals surface area (Å²) in [4.78, 5) is 11.5. The highest BCUT2D eigenvalue weighted by Crippen LogP contribution is 1.90. The number of nitrogens with one attached hydrogen (secondary N) is 1. The number of aryl methyl sites for hydroxylation is 1. The van der Waals surface area contributed by atoms with Gasteiger partial charge in [-0.3, -0.25) is 4.79 Å². The van der Waals surface area contributed by atoms with Crippen molar-refractivity contribution in [1.82, 2.24) is 15.1 Å². The largest absolute Gasteiger partial charge is 0.312 e. The Morgan fingerprint density at radius 3 is 2.93 bits per heavy atom. The molecular weight excluding hydrogens is 190 g/mol. The van der Waals surface area contributed by atoms with Gasteiger partial charge in [0.25, 0.3) is 5.56 Å². The number of hydrogen-bond donors (Lipinski definition) is 1. The van der Waals surface area contributed by atoms with Crippen LogP contribution in [0.4, 0.5) is 0 Å². The molecule has 1 aromatic rings. The lowest BCUT2D eigenvalue weighted by molar-refractivity contribution is 0.436. The molecule has 0 radical (unpaired) electrons. The van der Waals surface area contributed by atoms with Crippen molar-refractivity contribution in [1.29, 1.82) is 0 Å². The van der Waals surface area contributed by atoms with Crippen molar-refractivity contribution in [3.8, 4) is 0 Å². The standard InChI is InChI=1S/C11H19N3O/c1-4-7-12-10(3)8-14-11(15)6-5-9(2)13-14/h5-6,10,12H,4,7-8H2,1-3H3. The van der Waals surface area contributed by atoms with E-state index in [4.69, 9.17) is 0 Å². The van der Waals surface area contributed by atoms with Crippen LogP contribution in [0.3, 0.4) is 0 Å². The molecule has 0 fully saturated rings. The number of rotatable bonds is 5. The molecule has 1 atom stereocenters. The molecular formula is C11H19N3O. The predicted octanol–water partition coefficient (Wildman–Crippen LogP) is 0.940. The minimum atomic E-state index is -0.0363. The van der Waals surface area contributed by atoms with Gasteiger partial charge in [0.05, 0.1) is 12.2 Å². The third-order valence-corrected chi connectivity index (χ3v) is 2.19. The zero-order valence-electron chi connectivity index (χ0n) is 9.66.